The van der Waals surface area contributed by atoms with Gasteiger partial charge in [-0.15, -0.1) is 0 Å². The molecule has 0 aliphatic heterocycles. The Bertz CT molecular complexity index is 946. The second-order valence-electron chi connectivity index (χ2n) is 7.24. The summed E-state index contributed by atoms with van der Waals surface area (Å²) in [6.07, 6.45) is -3.24. The number of aliphatic carboxylic acids is 1. The zero-order chi connectivity index (χ0) is 22.1. The summed E-state index contributed by atoms with van der Waals surface area (Å²) >= 11 is 3.32. The van der Waals surface area contributed by atoms with E-state index in [9.17, 15) is 32.3 Å². The molecule has 1 aliphatic rings. The Labute approximate surface area is 178 Å². The summed E-state index contributed by atoms with van der Waals surface area (Å²) in [6, 6.07) is 8.96. The van der Waals surface area contributed by atoms with E-state index in [4.69, 9.17) is 0 Å². The number of rotatable bonds is 4. The topological polar surface area (TPSA) is 66.4 Å². The average molecular weight is 488 g/mol. The number of nitrogens with one attached hydrogen (secondary N) is 1. The van der Waals surface area contributed by atoms with Crippen LogP contribution >= 0.6 is 15.9 Å². The number of carboxylic acids is 1. The van der Waals surface area contributed by atoms with Crippen molar-refractivity contribution in [2.45, 2.75) is 31.4 Å². The van der Waals surface area contributed by atoms with Crippen LogP contribution in [0.2, 0.25) is 0 Å². The number of hydrogen-bond donors (Lipinski definition) is 2. The summed E-state index contributed by atoms with van der Waals surface area (Å²) in [5.41, 5.74) is -0.805. The van der Waals surface area contributed by atoms with Crippen molar-refractivity contribution >= 4 is 33.5 Å². The van der Waals surface area contributed by atoms with Crippen LogP contribution in [-0.4, -0.2) is 17.0 Å². The van der Waals surface area contributed by atoms with E-state index < -0.39 is 52.9 Å². The lowest BCUT2D eigenvalue weighted by Gasteiger charge is -2.35. The molecule has 2 aromatic carbocycles. The molecule has 0 unspecified atom stereocenters. The first-order valence-corrected chi connectivity index (χ1v) is 10.0. The van der Waals surface area contributed by atoms with Gasteiger partial charge < -0.3 is 10.4 Å². The highest BCUT2D eigenvalue weighted by Crippen LogP contribution is 2.42. The van der Waals surface area contributed by atoms with Gasteiger partial charge in [0.25, 0.3) is 0 Å². The van der Waals surface area contributed by atoms with Crippen molar-refractivity contribution in [3.63, 3.8) is 0 Å². The first-order chi connectivity index (χ1) is 14.1. The minimum Gasteiger partial charge on any atom is -0.481 e. The molecule has 1 fully saturated rings. The first-order valence-electron chi connectivity index (χ1n) is 9.24. The molecule has 0 spiro atoms. The third-order valence-corrected chi connectivity index (χ3v) is 5.90. The van der Waals surface area contributed by atoms with Crippen LogP contribution in [0.15, 0.2) is 46.9 Å². The zero-order valence-electron chi connectivity index (χ0n) is 15.5. The van der Waals surface area contributed by atoms with E-state index in [1.165, 1.54) is 0 Å². The van der Waals surface area contributed by atoms with Gasteiger partial charge in [-0.05, 0) is 54.7 Å². The van der Waals surface area contributed by atoms with Crippen LogP contribution in [0.3, 0.4) is 0 Å². The number of carbonyl (C=O) groups is 2. The van der Waals surface area contributed by atoms with Crippen molar-refractivity contribution in [3.8, 4) is 0 Å². The summed E-state index contributed by atoms with van der Waals surface area (Å²) in [7, 11) is 0. The summed E-state index contributed by atoms with van der Waals surface area (Å²) in [4.78, 5) is 24.8. The minimum atomic E-state index is -4.71. The predicted octanol–water partition coefficient (Wildman–Crippen LogP) is 5.83. The molecule has 0 aromatic heterocycles. The Morgan fingerprint density at radius 3 is 2.30 bits per heavy atom. The zero-order valence-corrected chi connectivity index (χ0v) is 17.1. The standard InChI is InChI=1S/C21H18BrF4NO3/c22-13-7-4-11(5-8-13)14-2-1-3-15(18(14)20(29)30)19(28)27-17-9-6-12(10-16(17)23)21(24,25)26/h4-10,14-15,18H,1-3H2,(H,27,28)(H,29,30)/t14-,15-,18-/m0/s1. The van der Waals surface area contributed by atoms with Gasteiger partial charge in [-0.25, -0.2) is 4.39 Å². The highest BCUT2D eigenvalue weighted by atomic mass is 79.9. The minimum absolute atomic E-state index is 0.290. The molecule has 2 N–H and O–H groups in total. The Morgan fingerprint density at radius 2 is 1.73 bits per heavy atom. The molecule has 0 radical (unpaired) electrons. The monoisotopic (exact) mass is 487 g/mol. The highest BCUT2D eigenvalue weighted by Gasteiger charge is 2.43. The second-order valence-corrected chi connectivity index (χ2v) is 8.16. The van der Waals surface area contributed by atoms with Gasteiger partial charge in [0.2, 0.25) is 5.91 Å². The number of anilines is 1. The van der Waals surface area contributed by atoms with E-state index in [0.29, 0.717) is 25.0 Å². The van der Waals surface area contributed by atoms with Crippen LogP contribution in [0, 0.1) is 17.7 Å². The van der Waals surface area contributed by atoms with Gasteiger partial charge in [0.1, 0.15) is 5.82 Å². The molecule has 9 heteroatoms. The van der Waals surface area contributed by atoms with Crippen LogP contribution in [0.5, 0.6) is 0 Å². The third-order valence-electron chi connectivity index (χ3n) is 5.37. The largest absolute Gasteiger partial charge is 0.481 e. The Morgan fingerprint density at radius 1 is 1.07 bits per heavy atom. The van der Waals surface area contributed by atoms with Crippen molar-refractivity contribution in [2.24, 2.45) is 11.8 Å². The van der Waals surface area contributed by atoms with Gasteiger partial charge in [0.05, 0.1) is 23.1 Å². The van der Waals surface area contributed by atoms with E-state index in [0.717, 1.165) is 16.1 Å². The van der Waals surface area contributed by atoms with Gasteiger partial charge in [0, 0.05) is 4.47 Å². The van der Waals surface area contributed by atoms with Gasteiger partial charge in [0.15, 0.2) is 0 Å². The van der Waals surface area contributed by atoms with Crippen molar-refractivity contribution < 1.29 is 32.3 Å². The smallest absolute Gasteiger partial charge is 0.416 e. The average Bonchev–Trinajstić information content (AvgIpc) is 2.68. The van der Waals surface area contributed by atoms with Crippen LogP contribution in [-0.2, 0) is 15.8 Å². The number of hydrogen-bond acceptors (Lipinski definition) is 2. The molecule has 1 saturated carbocycles. The summed E-state index contributed by atoms with van der Waals surface area (Å²) in [5, 5.41) is 12.1. The maximum absolute atomic E-state index is 14.1. The Kier molecular flexibility index (Phi) is 6.50. The van der Waals surface area contributed by atoms with Gasteiger partial charge in [-0.3, -0.25) is 9.59 Å². The number of benzene rings is 2. The fourth-order valence-electron chi connectivity index (χ4n) is 3.94. The molecular formula is C21H18BrF4NO3. The maximum atomic E-state index is 14.1. The van der Waals surface area contributed by atoms with E-state index >= 15 is 0 Å². The van der Waals surface area contributed by atoms with E-state index in [1.807, 2.05) is 0 Å². The molecule has 4 nitrogen and oxygen atoms in total. The van der Waals surface area contributed by atoms with Crippen LogP contribution < -0.4 is 5.32 Å². The number of carbonyl (C=O) groups excluding carboxylic acids is 1. The van der Waals surface area contributed by atoms with Crippen LogP contribution in [0.1, 0.15) is 36.3 Å². The quantitative estimate of drug-likeness (QED) is 0.533. The van der Waals surface area contributed by atoms with Gasteiger partial charge >= 0.3 is 12.1 Å². The lowest BCUT2D eigenvalue weighted by molar-refractivity contribution is -0.148. The van der Waals surface area contributed by atoms with Gasteiger partial charge in [-0.2, -0.15) is 13.2 Å². The fourth-order valence-corrected chi connectivity index (χ4v) is 4.20. The summed E-state index contributed by atoms with van der Waals surface area (Å²) in [5.74, 6) is -5.47. The Balaban J connectivity index is 1.83. The molecule has 0 heterocycles. The number of halogens is 5. The maximum Gasteiger partial charge on any atom is 0.416 e. The SMILES string of the molecule is O=C(O)[C@@H]1[C@@H](C(=O)Nc2ccc(C(F)(F)F)cc2F)CCC[C@H]1c1ccc(Br)cc1. The second kappa shape index (κ2) is 8.75. The highest BCUT2D eigenvalue weighted by molar-refractivity contribution is 9.10. The normalized spacial score (nSPS) is 21.8. The molecule has 0 bridgehead atoms. The molecule has 30 heavy (non-hydrogen) atoms. The molecule has 1 amide bonds. The lowest BCUT2D eigenvalue weighted by Crippen LogP contribution is -2.40. The molecule has 1 aliphatic carbocycles. The lowest BCUT2D eigenvalue weighted by atomic mass is 9.69. The molecule has 0 saturated heterocycles. The number of alkyl halides is 3. The van der Waals surface area contributed by atoms with Crippen molar-refractivity contribution in [3.05, 3.63) is 63.9 Å². The molecule has 2 aromatic rings. The Hall–Kier alpha value is -2.42. The molecule has 3 rings (SSSR count). The van der Waals surface area contributed by atoms with E-state index in [-0.39, 0.29) is 6.42 Å². The summed E-state index contributed by atoms with van der Waals surface area (Å²) < 4.78 is 53.0. The van der Waals surface area contributed by atoms with Crippen molar-refractivity contribution in [1.82, 2.24) is 0 Å². The predicted molar refractivity (Wildman–Crippen MR) is 105 cm³/mol. The molecule has 160 valence electrons. The van der Waals surface area contributed by atoms with Crippen LogP contribution in [0.4, 0.5) is 23.2 Å². The molecule has 3 atom stereocenters. The van der Waals surface area contributed by atoms with Crippen molar-refractivity contribution in [1.29, 1.82) is 0 Å². The van der Waals surface area contributed by atoms with E-state index in [2.05, 4.69) is 21.2 Å². The third kappa shape index (κ3) is 4.83. The number of amides is 1. The van der Waals surface area contributed by atoms with E-state index in [1.54, 1.807) is 24.3 Å². The number of carboxylic acid groups (broad SMARTS) is 1. The van der Waals surface area contributed by atoms with Crippen molar-refractivity contribution in [2.75, 3.05) is 5.32 Å². The first kappa shape index (κ1) is 22.3. The van der Waals surface area contributed by atoms with Gasteiger partial charge in [-0.1, -0.05) is 34.5 Å². The fraction of sp³-hybridized carbons (Fsp3) is 0.333. The van der Waals surface area contributed by atoms with Crippen LogP contribution in [0.25, 0.3) is 0 Å². The summed E-state index contributed by atoms with van der Waals surface area (Å²) in [6.45, 7) is 0. The molecular weight excluding hydrogens is 470 g/mol.